The zero-order chi connectivity index (χ0) is 22.0. The number of hydrogen-bond acceptors (Lipinski definition) is 4. The van der Waals surface area contributed by atoms with Gasteiger partial charge in [-0.15, -0.1) is 0 Å². The number of phenolic OH excluding ortho intramolecular Hbond substituents is 1. The molecule has 0 radical (unpaired) electrons. The molecule has 3 aliphatic heterocycles. The number of hydrogen-bond donors (Lipinski definition) is 3. The third kappa shape index (κ3) is 2.54. The molecular formula is C25H26N3O4+. The molecule has 2 aromatic carbocycles. The van der Waals surface area contributed by atoms with Crippen LogP contribution in [0.15, 0.2) is 48.5 Å². The maximum atomic E-state index is 13.8. The van der Waals surface area contributed by atoms with Crippen LogP contribution in [-0.2, 0) is 26.3 Å². The first-order valence-corrected chi connectivity index (χ1v) is 11.4. The van der Waals surface area contributed by atoms with E-state index in [1.165, 1.54) is 4.90 Å². The molecule has 2 saturated heterocycles. The lowest BCUT2D eigenvalue weighted by Crippen LogP contribution is -2.99. The van der Waals surface area contributed by atoms with Crippen molar-refractivity contribution < 1.29 is 24.8 Å². The molecular weight excluding hydrogens is 406 g/mol. The summed E-state index contributed by atoms with van der Waals surface area (Å²) in [6.07, 6.45) is 4.28. The maximum Gasteiger partial charge on any atom is 0.291 e. The highest BCUT2D eigenvalue weighted by molar-refractivity contribution is 6.14. The number of likely N-dealkylation sites (tertiary alicyclic amines) is 1. The number of phenols is 1. The minimum atomic E-state index is -1.12. The summed E-state index contributed by atoms with van der Waals surface area (Å²) in [5.41, 5.74) is 1.36. The second-order valence-corrected chi connectivity index (χ2v) is 9.56. The average molecular weight is 433 g/mol. The summed E-state index contributed by atoms with van der Waals surface area (Å²) in [7, 11) is 0. The molecule has 164 valence electrons. The molecule has 32 heavy (non-hydrogen) atoms. The van der Waals surface area contributed by atoms with Gasteiger partial charge in [0.15, 0.2) is 0 Å². The molecule has 0 bridgehead atoms. The number of carbonyl (C=O) groups excluding carboxylic acids is 3. The van der Waals surface area contributed by atoms with E-state index in [4.69, 9.17) is 0 Å². The van der Waals surface area contributed by atoms with E-state index in [2.05, 4.69) is 5.32 Å². The zero-order valence-electron chi connectivity index (χ0n) is 17.7. The topological polar surface area (TPSA) is 103 Å². The second-order valence-electron chi connectivity index (χ2n) is 9.56. The van der Waals surface area contributed by atoms with Crippen molar-refractivity contribution in [3.8, 4) is 5.75 Å². The van der Waals surface area contributed by atoms with Gasteiger partial charge in [0.25, 0.3) is 5.91 Å². The highest BCUT2D eigenvalue weighted by Crippen LogP contribution is 2.50. The largest absolute Gasteiger partial charge is 0.508 e. The zero-order valence-corrected chi connectivity index (χ0v) is 17.7. The average Bonchev–Trinajstić information content (AvgIpc) is 3.52. The molecule has 1 saturated carbocycles. The predicted octanol–water partition coefficient (Wildman–Crippen LogP) is 1.27. The Hall–Kier alpha value is -3.19. The number of amides is 3. The SMILES string of the molecule is O=C1[C@H]2[C@@H](C(=O)N1C1CCCC1)[C@@]1([NH2+][C@@H]2Cc2ccc(O)cc2)C(=O)Nc2ccccc21. The van der Waals surface area contributed by atoms with E-state index >= 15 is 0 Å². The first-order chi connectivity index (χ1) is 15.5. The van der Waals surface area contributed by atoms with Gasteiger partial charge in [-0.25, -0.2) is 0 Å². The fourth-order valence-corrected chi connectivity index (χ4v) is 6.56. The maximum absolute atomic E-state index is 13.8. The molecule has 0 unspecified atom stereocenters. The van der Waals surface area contributed by atoms with Crippen LogP contribution in [0.4, 0.5) is 5.69 Å². The highest BCUT2D eigenvalue weighted by Gasteiger charge is 2.74. The molecule has 7 nitrogen and oxygen atoms in total. The summed E-state index contributed by atoms with van der Waals surface area (Å²) < 4.78 is 0. The van der Waals surface area contributed by atoms with Crippen LogP contribution >= 0.6 is 0 Å². The summed E-state index contributed by atoms with van der Waals surface area (Å²) in [4.78, 5) is 42.5. The molecule has 6 rings (SSSR count). The Kier molecular flexibility index (Phi) is 4.21. The number of carbonyl (C=O) groups is 3. The fourth-order valence-electron chi connectivity index (χ4n) is 6.56. The lowest BCUT2D eigenvalue weighted by Gasteiger charge is -2.28. The van der Waals surface area contributed by atoms with Gasteiger partial charge in [-0.05, 0) is 36.6 Å². The van der Waals surface area contributed by atoms with Crippen LogP contribution in [0.5, 0.6) is 5.75 Å². The number of para-hydroxylation sites is 1. The smallest absolute Gasteiger partial charge is 0.291 e. The van der Waals surface area contributed by atoms with Crippen LogP contribution in [0.1, 0.15) is 36.8 Å². The summed E-state index contributed by atoms with van der Waals surface area (Å²) in [6, 6.07) is 14.1. The Morgan fingerprint density at radius 1 is 1.00 bits per heavy atom. The van der Waals surface area contributed by atoms with E-state index in [-0.39, 0.29) is 35.6 Å². The number of nitrogens with one attached hydrogen (secondary N) is 1. The summed E-state index contributed by atoms with van der Waals surface area (Å²) in [6.45, 7) is 0. The van der Waals surface area contributed by atoms with Crippen molar-refractivity contribution in [3.63, 3.8) is 0 Å². The van der Waals surface area contributed by atoms with Crippen molar-refractivity contribution in [1.29, 1.82) is 0 Å². The quantitative estimate of drug-likeness (QED) is 0.636. The van der Waals surface area contributed by atoms with Gasteiger partial charge in [0.1, 0.15) is 23.6 Å². The van der Waals surface area contributed by atoms with Gasteiger partial charge in [0.2, 0.25) is 17.4 Å². The highest BCUT2D eigenvalue weighted by atomic mass is 16.3. The molecule has 3 amide bonds. The van der Waals surface area contributed by atoms with Crippen LogP contribution in [0.25, 0.3) is 0 Å². The lowest BCUT2D eigenvalue weighted by atomic mass is 9.76. The molecule has 1 aliphatic carbocycles. The number of nitrogens with two attached hydrogens (primary N) is 1. The van der Waals surface area contributed by atoms with Crippen LogP contribution in [0.2, 0.25) is 0 Å². The van der Waals surface area contributed by atoms with Crippen LogP contribution in [0, 0.1) is 11.8 Å². The number of anilines is 1. The van der Waals surface area contributed by atoms with Gasteiger partial charge in [0.05, 0.1) is 5.69 Å². The van der Waals surface area contributed by atoms with Gasteiger partial charge in [-0.1, -0.05) is 43.2 Å². The summed E-state index contributed by atoms with van der Waals surface area (Å²) in [5, 5.41) is 14.6. The van der Waals surface area contributed by atoms with Gasteiger partial charge in [-0.2, -0.15) is 0 Å². The predicted molar refractivity (Wildman–Crippen MR) is 115 cm³/mol. The molecule has 3 heterocycles. The van der Waals surface area contributed by atoms with E-state index < -0.39 is 17.4 Å². The molecule has 2 aromatic rings. The fraction of sp³-hybridized carbons (Fsp3) is 0.400. The second kappa shape index (κ2) is 6.90. The standard InChI is InChI=1S/C25H25N3O4/c29-16-11-9-14(10-12-16)13-19-20-21(23(31)28(22(20)30)15-5-1-2-6-15)25(27-19)17-7-3-4-8-18(17)26-24(25)32/h3-4,7-12,15,19-21,27,29H,1-2,5-6,13H2,(H,26,32)/p+1/t19-,20-,21+,25-/m1/s1. The van der Waals surface area contributed by atoms with Crippen molar-refractivity contribution >= 4 is 23.4 Å². The first kappa shape index (κ1) is 19.5. The summed E-state index contributed by atoms with van der Waals surface area (Å²) in [5.74, 6) is -1.60. The van der Waals surface area contributed by atoms with E-state index in [0.29, 0.717) is 6.42 Å². The Morgan fingerprint density at radius 3 is 2.47 bits per heavy atom. The molecule has 0 aromatic heterocycles. The molecule has 4 N–H and O–H groups in total. The third-order valence-corrected chi connectivity index (χ3v) is 7.91. The van der Waals surface area contributed by atoms with Gasteiger partial charge >= 0.3 is 0 Å². The van der Waals surface area contributed by atoms with Crippen molar-refractivity contribution in [2.45, 2.75) is 49.7 Å². The Labute approximate surface area is 185 Å². The summed E-state index contributed by atoms with van der Waals surface area (Å²) >= 11 is 0. The minimum absolute atomic E-state index is 0.0494. The number of quaternary nitrogens is 1. The molecule has 7 heteroatoms. The van der Waals surface area contributed by atoms with E-state index in [0.717, 1.165) is 42.5 Å². The van der Waals surface area contributed by atoms with Crippen molar-refractivity contribution in [3.05, 3.63) is 59.7 Å². The minimum Gasteiger partial charge on any atom is -0.508 e. The number of rotatable bonds is 3. The number of fused-ring (bicyclic) bond motifs is 4. The number of benzene rings is 2. The third-order valence-electron chi connectivity index (χ3n) is 7.91. The van der Waals surface area contributed by atoms with E-state index in [9.17, 15) is 19.5 Å². The molecule has 4 atom stereocenters. The van der Waals surface area contributed by atoms with Crippen molar-refractivity contribution in [2.75, 3.05) is 5.32 Å². The Balaban J connectivity index is 1.46. The van der Waals surface area contributed by atoms with E-state index in [1.54, 1.807) is 12.1 Å². The van der Waals surface area contributed by atoms with Crippen molar-refractivity contribution in [2.24, 2.45) is 11.8 Å². The Morgan fingerprint density at radius 2 is 1.72 bits per heavy atom. The van der Waals surface area contributed by atoms with E-state index in [1.807, 2.05) is 41.7 Å². The monoisotopic (exact) mass is 432 g/mol. The van der Waals surface area contributed by atoms with Crippen molar-refractivity contribution in [1.82, 2.24) is 4.90 Å². The molecule has 3 fully saturated rings. The van der Waals surface area contributed by atoms with Crippen LogP contribution in [-0.4, -0.2) is 39.8 Å². The van der Waals surface area contributed by atoms with Crippen LogP contribution in [0.3, 0.4) is 0 Å². The van der Waals surface area contributed by atoms with Gasteiger partial charge < -0.3 is 15.7 Å². The first-order valence-electron chi connectivity index (χ1n) is 11.4. The Bertz CT molecular complexity index is 1120. The normalized spacial score (nSPS) is 31.4. The molecule has 4 aliphatic rings. The van der Waals surface area contributed by atoms with Crippen LogP contribution < -0.4 is 10.6 Å². The molecule has 1 spiro atoms. The van der Waals surface area contributed by atoms with Gasteiger partial charge in [-0.3, -0.25) is 19.3 Å². The number of aromatic hydroxyl groups is 1. The number of imide groups is 1. The van der Waals surface area contributed by atoms with Gasteiger partial charge in [0, 0.05) is 18.0 Å². The lowest BCUT2D eigenvalue weighted by molar-refractivity contribution is -0.733. The number of nitrogens with zero attached hydrogens (tertiary/aromatic N) is 1.